The molecule has 0 N–H and O–H groups in total. The zero-order valence-electron chi connectivity index (χ0n) is 20.6. The number of amides is 1. The van der Waals surface area contributed by atoms with Crippen LogP contribution < -0.4 is 14.5 Å². The van der Waals surface area contributed by atoms with Gasteiger partial charge >= 0.3 is 0 Å². The van der Waals surface area contributed by atoms with Gasteiger partial charge < -0.3 is 9.47 Å². The maximum absolute atomic E-state index is 13.6. The Bertz CT molecular complexity index is 1500. The van der Waals surface area contributed by atoms with Crippen LogP contribution in [0.2, 0.25) is 5.02 Å². The van der Waals surface area contributed by atoms with Gasteiger partial charge in [-0.25, -0.2) is 4.39 Å². The van der Waals surface area contributed by atoms with E-state index in [2.05, 4.69) is 5.10 Å². The number of halogens is 2. The average Bonchev–Trinajstić information content (AvgIpc) is 3.26. The number of hydrogen-bond donors (Lipinski definition) is 0. The number of carbonyl (C=O) groups excluding carboxylic acids is 1. The number of ether oxygens (including phenoxy) is 2. The Balaban J connectivity index is 1.51. The van der Waals surface area contributed by atoms with Gasteiger partial charge in [0.1, 0.15) is 18.1 Å². The van der Waals surface area contributed by atoms with E-state index in [1.807, 2.05) is 67.6 Å². The van der Waals surface area contributed by atoms with E-state index in [9.17, 15) is 9.18 Å². The molecule has 0 aromatic heterocycles. The fraction of sp³-hybridized carbons (Fsp3) is 0.0968. The number of hydrazone groups is 1. The largest absolute Gasteiger partial charge is 0.490 e. The highest BCUT2D eigenvalue weighted by atomic mass is 35.5. The van der Waals surface area contributed by atoms with Crippen molar-refractivity contribution in [1.29, 1.82) is 0 Å². The van der Waals surface area contributed by atoms with Crippen LogP contribution in [0.15, 0.2) is 108 Å². The van der Waals surface area contributed by atoms with Crippen molar-refractivity contribution in [3.8, 4) is 11.5 Å². The number of benzene rings is 4. The van der Waals surface area contributed by atoms with Crippen molar-refractivity contribution in [2.24, 2.45) is 5.10 Å². The van der Waals surface area contributed by atoms with E-state index in [4.69, 9.17) is 21.1 Å². The molecule has 0 unspecified atom stereocenters. The van der Waals surface area contributed by atoms with Gasteiger partial charge in [-0.1, -0.05) is 72.3 Å². The summed E-state index contributed by atoms with van der Waals surface area (Å²) >= 11 is 6.64. The highest BCUT2D eigenvalue weighted by Crippen LogP contribution is 2.38. The third kappa shape index (κ3) is 5.45. The molecule has 4 aromatic carbocycles. The van der Waals surface area contributed by atoms with E-state index < -0.39 is 0 Å². The molecule has 0 saturated carbocycles. The lowest BCUT2D eigenvalue weighted by Crippen LogP contribution is -2.21. The van der Waals surface area contributed by atoms with Crippen molar-refractivity contribution in [1.82, 2.24) is 0 Å². The second kappa shape index (κ2) is 11.3. The highest BCUT2D eigenvalue weighted by Gasteiger charge is 2.32. The lowest BCUT2D eigenvalue weighted by molar-refractivity contribution is -0.114. The maximum atomic E-state index is 13.6. The minimum Gasteiger partial charge on any atom is -0.490 e. The molecular weight excluding hydrogens is 503 g/mol. The van der Waals surface area contributed by atoms with Crippen LogP contribution in [0.3, 0.4) is 0 Å². The second-order valence-electron chi connectivity index (χ2n) is 8.50. The van der Waals surface area contributed by atoms with Crippen LogP contribution in [0.25, 0.3) is 6.08 Å². The summed E-state index contributed by atoms with van der Waals surface area (Å²) in [7, 11) is 0. The molecule has 0 fully saturated rings. The molecule has 4 aromatic rings. The van der Waals surface area contributed by atoms with Gasteiger partial charge in [0.25, 0.3) is 5.91 Å². The highest BCUT2D eigenvalue weighted by molar-refractivity contribution is 6.37. The third-order valence-electron chi connectivity index (χ3n) is 5.87. The molecule has 1 amide bonds. The summed E-state index contributed by atoms with van der Waals surface area (Å²) in [6.45, 7) is 2.44. The summed E-state index contributed by atoms with van der Waals surface area (Å²) in [6.07, 6.45) is 1.76. The van der Waals surface area contributed by atoms with E-state index in [1.54, 1.807) is 30.3 Å². The van der Waals surface area contributed by atoms with E-state index in [0.29, 0.717) is 45.7 Å². The fourth-order valence-corrected chi connectivity index (χ4v) is 4.35. The van der Waals surface area contributed by atoms with Crippen molar-refractivity contribution in [3.05, 3.63) is 130 Å². The van der Waals surface area contributed by atoms with E-state index in [0.717, 1.165) is 11.1 Å². The molecule has 38 heavy (non-hydrogen) atoms. The molecule has 0 saturated heterocycles. The number of anilines is 1. The molecule has 5 nitrogen and oxygen atoms in total. The smallest absolute Gasteiger partial charge is 0.281 e. The molecule has 0 atom stereocenters. The molecule has 0 bridgehead atoms. The lowest BCUT2D eigenvalue weighted by Gasteiger charge is -2.15. The maximum Gasteiger partial charge on any atom is 0.281 e. The van der Waals surface area contributed by atoms with Crippen molar-refractivity contribution in [2.75, 3.05) is 11.6 Å². The van der Waals surface area contributed by atoms with Crippen LogP contribution >= 0.6 is 11.6 Å². The first-order chi connectivity index (χ1) is 18.5. The summed E-state index contributed by atoms with van der Waals surface area (Å²) in [5.74, 6) is 0.253. The molecule has 1 aliphatic heterocycles. The molecular formula is C31H24ClFN2O3. The molecule has 0 radical (unpaired) electrons. The summed E-state index contributed by atoms with van der Waals surface area (Å²) in [5.41, 5.74) is 3.93. The van der Waals surface area contributed by atoms with Crippen LogP contribution in [-0.4, -0.2) is 18.2 Å². The van der Waals surface area contributed by atoms with Crippen LogP contribution in [0, 0.1) is 5.82 Å². The lowest BCUT2D eigenvalue weighted by atomic mass is 10.00. The normalized spacial score (nSPS) is 14.1. The fourth-order valence-electron chi connectivity index (χ4n) is 4.08. The molecule has 1 heterocycles. The van der Waals surface area contributed by atoms with Crippen LogP contribution in [-0.2, 0) is 11.4 Å². The van der Waals surface area contributed by atoms with Gasteiger partial charge in [0, 0.05) is 5.56 Å². The van der Waals surface area contributed by atoms with Gasteiger partial charge in [0.05, 0.1) is 22.9 Å². The van der Waals surface area contributed by atoms with Crippen molar-refractivity contribution in [2.45, 2.75) is 13.5 Å². The number of hydrogen-bond acceptors (Lipinski definition) is 4. The second-order valence-corrected chi connectivity index (χ2v) is 8.91. The first kappa shape index (κ1) is 25.2. The van der Waals surface area contributed by atoms with E-state index >= 15 is 0 Å². The summed E-state index contributed by atoms with van der Waals surface area (Å²) in [4.78, 5) is 13.6. The number of rotatable bonds is 8. The third-order valence-corrected chi connectivity index (χ3v) is 6.15. The van der Waals surface area contributed by atoms with Gasteiger partial charge in [-0.3, -0.25) is 4.79 Å². The quantitative estimate of drug-likeness (QED) is 0.226. The number of para-hydroxylation sites is 1. The standard InChI is InChI=1S/C31H24ClFN2O3/c1-2-37-28-19-22(18-27(32)30(28)38-20-21-13-15-24(33)16-14-21)17-26-29(23-9-5-3-6-10-23)34-35(31(26)36)25-11-7-4-8-12-25/h3-19H,2,20H2,1H3/b26-17-. The summed E-state index contributed by atoms with van der Waals surface area (Å²) in [6, 6.07) is 28.4. The van der Waals surface area contributed by atoms with Crippen LogP contribution in [0.4, 0.5) is 10.1 Å². The monoisotopic (exact) mass is 526 g/mol. The van der Waals surface area contributed by atoms with Gasteiger partial charge in [-0.2, -0.15) is 10.1 Å². The van der Waals surface area contributed by atoms with Gasteiger partial charge in [-0.05, 0) is 60.5 Å². The molecule has 0 aliphatic carbocycles. The molecule has 7 heteroatoms. The Labute approximate surface area is 225 Å². The van der Waals surface area contributed by atoms with E-state index in [1.165, 1.54) is 17.1 Å². The Morgan fingerprint density at radius 1 is 0.921 bits per heavy atom. The zero-order valence-corrected chi connectivity index (χ0v) is 21.4. The molecule has 5 rings (SSSR count). The van der Waals surface area contributed by atoms with Gasteiger partial charge in [0.15, 0.2) is 11.5 Å². The Kier molecular flexibility index (Phi) is 7.52. The van der Waals surface area contributed by atoms with Crippen molar-refractivity contribution in [3.63, 3.8) is 0 Å². The van der Waals surface area contributed by atoms with Crippen molar-refractivity contribution < 1.29 is 18.7 Å². The Morgan fingerprint density at radius 3 is 2.29 bits per heavy atom. The van der Waals surface area contributed by atoms with Crippen LogP contribution in [0.5, 0.6) is 11.5 Å². The number of nitrogens with zero attached hydrogens (tertiary/aromatic N) is 2. The Hall–Kier alpha value is -4.42. The van der Waals surface area contributed by atoms with Crippen molar-refractivity contribution >= 4 is 35.0 Å². The minimum absolute atomic E-state index is 0.190. The predicted octanol–water partition coefficient (Wildman–Crippen LogP) is 7.29. The molecule has 0 spiro atoms. The first-order valence-electron chi connectivity index (χ1n) is 12.1. The average molecular weight is 527 g/mol. The number of carbonyl (C=O) groups is 1. The predicted molar refractivity (Wildman–Crippen MR) is 148 cm³/mol. The SMILES string of the molecule is CCOc1cc(/C=C2\C(=O)N(c3ccccc3)N=C2c2ccccc2)cc(Cl)c1OCc1ccc(F)cc1. The minimum atomic E-state index is -0.315. The van der Waals surface area contributed by atoms with Gasteiger partial charge in [-0.15, -0.1) is 0 Å². The van der Waals surface area contributed by atoms with Gasteiger partial charge in [0.2, 0.25) is 0 Å². The molecule has 1 aliphatic rings. The molecule has 190 valence electrons. The van der Waals surface area contributed by atoms with Crippen LogP contribution in [0.1, 0.15) is 23.6 Å². The topological polar surface area (TPSA) is 51.1 Å². The first-order valence-corrected chi connectivity index (χ1v) is 12.5. The summed E-state index contributed by atoms with van der Waals surface area (Å²) < 4.78 is 25.0. The Morgan fingerprint density at radius 2 is 1.61 bits per heavy atom. The summed E-state index contributed by atoms with van der Waals surface area (Å²) in [5, 5.41) is 6.40. The van der Waals surface area contributed by atoms with E-state index in [-0.39, 0.29) is 18.3 Å². The zero-order chi connectivity index (χ0) is 26.5.